The topological polar surface area (TPSA) is 90.1 Å². The third-order valence-corrected chi connectivity index (χ3v) is 3.50. The molecule has 2 aromatic heterocycles. The lowest BCUT2D eigenvalue weighted by Gasteiger charge is -2.09. The Morgan fingerprint density at radius 2 is 2.20 bits per heavy atom. The number of aromatic nitrogens is 3. The highest BCUT2D eigenvalue weighted by Gasteiger charge is 2.20. The van der Waals surface area contributed by atoms with E-state index in [0.717, 1.165) is 6.20 Å². The van der Waals surface area contributed by atoms with Gasteiger partial charge >= 0.3 is 0 Å². The molecule has 0 aliphatic heterocycles. The fourth-order valence-corrected chi connectivity index (χ4v) is 2.19. The third-order valence-electron chi connectivity index (χ3n) is 3.50. The minimum Gasteiger partial charge on any atom is -0.497 e. The number of halogens is 1. The van der Waals surface area contributed by atoms with Crippen LogP contribution in [0.4, 0.5) is 4.39 Å². The van der Waals surface area contributed by atoms with Gasteiger partial charge in [-0.2, -0.15) is 4.98 Å². The molecular weight excluding hydrogens is 327 g/mol. The Labute approximate surface area is 142 Å². The van der Waals surface area contributed by atoms with Crippen LogP contribution in [0.25, 0.3) is 11.4 Å². The molecule has 1 atom stereocenters. The van der Waals surface area contributed by atoms with Crippen LogP contribution >= 0.6 is 0 Å². The van der Waals surface area contributed by atoms with Gasteiger partial charge in [0, 0.05) is 11.8 Å². The van der Waals surface area contributed by atoms with E-state index in [4.69, 9.17) is 9.26 Å². The smallest absolute Gasteiger partial charge is 0.255 e. The summed E-state index contributed by atoms with van der Waals surface area (Å²) in [4.78, 5) is 20.0. The van der Waals surface area contributed by atoms with Crippen LogP contribution in [-0.4, -0.2) is 28.1 Å². The van der Waals surface area contributed by atoms with E-state index in [0.29, 0.717) is 17.1 Å². The fraction of sp³-hybridized carbons (Fsp3) is 0.176. The highest BCUT2D eigenvalue weighted by molar-refractivity contribution is 5.94. The zero-order valence-corrected chi connectivity index (χ0v) is 13.6. The van der Waals surface area contributed by atoms with Gasteiger partial charge in [0.15, 0.2) is 5.82 Å². The highest BCUT2D eigenvalue weighted by atomic mass is 19.1. The van der Waals surface area contributed by atoms with Crippen molar-refractivity contribution < 1.29 is 18.4 Å². The van der Waals surface area contributed by atoms with Gasteiger partial charge in [-0.3, -0.25) is 9.78 Å². The van der Waals surface area contributed by atoms with Crippen LogP contribution in [0.1, 0.15) is 29.2 Å². The maximum atomic E-state index is 13.6. The average Bonchev–Trinajstić information content (AvgIpc) is 3.12. The number of rotatable bonds is 5. The second-order valence-corrected chi connectivity index (χ2v) is 5.24. The Morgan fingerprint density at radius 3 is 2.96 bits per heavy atom. The monoisotopic (exact) mass is 342 g/mol. The van der Waals surface area contributed by atoms with E-state index in [1.165, 1.54) is 12.3 Å². The number of carbonyl (C=O) groups is 1. The Bertz CT molecular complexity index is 897. The molecule has 2 heterocycles. The summed E-state index contributed by atoms with van der Waals surface area (Å²) >= 11 is 0. The summed E-state index contributed by atoms with van der Waals surface area (Å²) in [6, 6.07) is 7.90. The van der Waals surface area contributed by atoms with Gasteiger partial charge in [-0.05, 0) is 25.1 Å². The molecule has 0 bridgehead atoms. The van der Waals surface area contributed by atoms with Crippen LogP contribution in [0.15, 0.2) is 47.2 Å². The van der Waals surface area contributed by atoms with Crippen molar-refractivity contribution in [2.75, 3.05) is 7.11 Å². The van der Waals surface area contributed by atoms with Gasteiger partial charge in [-0.15, -0.1) is 0 Å². The first-order valence-corrected chi connectivity index (χ1v) is 7.47. The molecule has 0 saturated heterocycles. The predicted octanol–water partition coefficient (Wildman–Crippen LogP) is 2.77. The van der Waals surface area contributed by atoms with Crippen molar-refractivity contribution in [3.63, 3.8) is 0 Å². The van der Waals surface area contributed by atoms with E-state index < -0.39 is 17.8 Å². The molecule has 8 heteroatoms. The lowest BCUT2D eigenvalue weighted by molar-refractivity contribution is 0.0928. The molecule has 3 rings (SSSR count). The standard InChI is InChI=1S/C17H15FN4O3/c1-10(20-16(23)13-6-7-19-9-14(13)18)17-21-15(22-25-17)11-4-3-5-12(8-11)24-2/h3-10H,1-2H3,(H,20,23). The SMILES string of the molecule is COc1cccc(-c2noc(C(C)NC(=O)c3ccncc3F)n2)c1. The number of benzene rings is 1. The molecule has 3 aromatic rings. The third kappa shape index (κ3) is 3.63. The number of hydrogen-bond acceptors (Lipinski definition) is 6. The van der Waals surface area contributed by atoms with Gasteiger partial charge in [0.25, 0.3) is 5.91 Å². The Balaban J connectivity index is 1.75. The van der Waals surface area contributed by atoms with Gasteiger partial charge in [-0.25, -0.2) is 4.39 Å². The van der Waals surface area contributed by atoms with Crippen LogP contribution < -0.4 is 10.1 Å². The number of amides is 1. The molecule has 1 aromatic carbocycles. The molecule has 1 N–H and O–H groups in total. The van der Waals surface area contributed by atoms with Crippen molar-refractivity contribution >= 4 is 5.91 Å². The summed E-state index contributed by atoms with van der Waals surface area (Å²) in [5, 5.41) is 6.52. The first-order valence-electron chi connectivity index (χ1n) is 7.47. The zero-order chi connectivity index (χ0) is 17.8. The summed E-state index contributed by atoms with van der Waals surface area (Å²) in [6.07, 6.45) is 2.32. The molecule has 0 spiro atoms. The van der Waals surface area contributed by atoms with Crippen LogP contribution in [0.3, 0.4) is 0 Å². The number of nitrogens with zero attached hydrogens (tertiary/aromatic N) is 3. The summed E-state index contributed by atoms with van der Waals surface area (Å²) in [5.41, 5.74) is 0.613. The minimum atomic E-state index is -0.699. The van der Waals surface area contributed by atoms with Gasteiger partial charge in [0.2, 0.25) is 11.7 Å². The molecule has 128 valence electrons. The van der Waals surface area contributed by atoms with Crippen LogP contribution in [0.5, 0.6) is 5.75 Å². The van der Waals surface area contributed by atoms with E-state index in [1.807, 2.05) is 12.1 Å². The second-order valence-electron chi connectivity index (χ2n) is 5.24. The molecular formula is C17H15FN4O3. The maximum Gasteiger partial charge on any atom is 0.255 e. The first kappa shape index (κ1) is 16.6. The first-order chi connectivity index (χ1) is 12.1. The lowest BCUT2D eigenvalue weighted by Crippen LogP contribution is -2.27. The molecule has 0 aliphatic rings. The molecule has 7 nitrogen and oxygen atoms in total. The van der Waals surface area contributed by atoms with Crippen LogP contribution in [-0.2, 0) is 0 Å². The molecule has 1 amide bonds. The quantitative estimate of drug-likeness (QED) is 0.767. The van der Waals surface area contributed by atoms with Crippen molar-refractivity contribution in [1.29, 1.82) is 0 Å². The predicted molar refractivity (Wildman–Crippen MR) is 86.4 cm³/mol. The van der Waals surface area contributed by atoms with E-state index in [-0.39, 0.29) is 11.5 Å². The number of carbonyl (C=O) groups excluding carboxylic acids is 1. The van der Waals surface area contributed by atoms with Gasteiger partial charge in [0.1, 0.15) is 11.8 Å². The lowest BCUT2D eigenvalue weighted by atomic mass is 10.2. The molecule has 0 aliphatic carbocycles. The minimum absolute atomic E-state index is 0.102. The maximum absolute atomic E-state index is 13.6. The largest absolute Gasteiger partial charge is 0.497 e. The normalized spacial score (nSPS) is 11.8. The van der Waals surface area contributed by atoms with Gasteiger partial charge in [0.05, 0.1) is 18.9 Å². The molecule has 1 unspecified atom stereocenters. The summed E-state index contributed by atoms with van der Waals surface area (Å²) in [5.74, 6) is -0.0487. The number of hydrogen-bond donors (Lipinski definition) is 1. The summed E-state index contributed by atoms with van der Waals surface area (Å²) < 4.78 is 24.0. The van der Waals surface area contributed by atoms with Crippen molar-refractivity contribution in [3.05, 3.63) is 60.0 Å². The van der Waals surface area contributed by atoms with Crippen molar-refractivity contribution in [2.24, 2.45) is 0 Å². The van der Waals surface area contributed by atoms with Crippen LogP contribution in [0.2, 0.25) is 0 Å². The van der Waals surface area contributed by atoms with Crippen molar-refractivity contribution in [1.82, 2.24) is 20.4 Å². The van der Waals surface area contributed by atoms with Gasteiger partial charge in [-0.1, -0.05) is 17.3 Å². The second kappa shape index (κ2) is 7.08. The Kier molecular flexibility index (Phi) is 4.69. The van der Waals surface area contributed by atoms with E-state index in [1.54, 1.807) is 26.2 Å². The summed E-state index contributed by atoms with van der Waals surface area (Å²) in [7, 11) is 1.57. The van der Waals surface area contributed by atoms with Crippen molar-refractivity contribution in [2.45, 2.75) is 13.0 Å². The number of pyridine rings is 1. The fourth-order valence-electron chi connectivity index (χ4n) is 2.19. The van der Waals surface area contributed by atoms with E-state index >= 15 is 0 Å². The molecule has 25 heavy (non-hydrogen) atoms. The molecule has 0 fully saturated rings. The van der Waals surface area contributed by atoms with Gasteiger partial charge < -0.3 is 14.6 Å². The Morgan fingerprint density at radius 1 is 1.36 bits per heavy atom. The summed E-state index contributed by atoms with van der Waals surface area (Å²) in [6.45, 7) is 1.67. The highest BCUT2D eigenvalue weighted by Crippen LogP contribution is 2.22. The van der Waals surface area contributed by atoms with E-state index in [9.17, 15) is 9.18 Å². The molecule has 0 radical (unpaired) electrons. The molecule has 0 saturated carbocycles. The zero-order valence-electron chi connectivity index (χ0n) is 13.6. The number of nitrogens with one attached hydrogen (secondary N) is 1. The van der Waals surface area contributed by atoms with Crippen LogP contribution in [0, 0.1) is 5.82 Å². The number of ether oxygens (including phenoxy) is 1. The Hall–Kier alpha value is -3.29. The van der Waals surface area contributed by atoms with Crippen molar-refractivity contribution in [3.8, 4) is 17.1 Å². The average molecular weight is 342 g/mol. The van der Waals surface area contributed by atoms with E-state index in [2.05, 4.69) is 20.4 Å². The number of methoxy groups -OCH3 is 1.